The van der Waals surface area contributed by atoms with Crippen LogP contribution in [0.25, 0.3) is 10.2 Å². The van der Waals surface area contributed by atoms with Gasteiger partial charge in [-0.15, -0.1) is 11.3 Å². The molecular formula is C20H14F2N4O2S. The maximum absolute atomic E-state index is 13.4. The Morgan fingerprint density at radius 2 is 1.86 bits per heavy atom. The summed E-state index contributed by atoms with van der Waals surface area (Å²) in [4.78, 5) is 33.6. The summed E-state index contributed by atoms with van der Waals surface area (Å²) in [5.74, 6) is -2.24. The number of thiophene rings is 1. The minimum Gasteiger partial charge on any atom is -0.347 e. The van der Waals surface area contributed by atoms with Crippen LogP contribution in [0.1, 0.15) is 20.8 Å². The zero-order valence-electron chi connectivity index (χ0n) is 14.9. The first-order valence-corrected chi connectivity index (χ1v) is 9.43. The summed E-state index contributed by atoms with van der Waals surface area (Å²) >= 11 is 1.04. The first kappa shape index (κ1) is 18.9. The second kappa shape index (κ2) is 7.88. The molecule has 4 aromatic rings. The number of hydrogen-bond acceptors (Lipinski definition) is 5. The number of pyridine rings is 1. The summed E-state index contributed by atoms with van der Waals surface area (Å²) in [5.41, 5.74) is 1.40. The van der Waals surface area contributed by atoms with Crippen LogP contribution < -0.4 is 10.9 Å². The largest absolute Gasteiger partial charge is 0.347 e. The van der Waals surface area contributed by atoms with Gasteiger partial charge in [-0.05, 0) is 41.5 Å². The van der Waals surface area contributed by atoms with E-state index in [4.69, 9.17) is 0 Å². The minimum absolute atomic E-state index is 0.0421. The van der Waals surface area contributed by atoms with Gasteiger partial charge in [0, 0.05) is 18.9 Å². The Morgan fingerprint density at radius 3 is 2.62 bits per heavy atom. The van der Waals surface area contributed by atoms with Crippen LogP contribution in [-0.4, -0.2) is 20.4 Å². The predicted octanol–water partition coefficient (Wildman–Crippen LogP) is 3.11. The maximum atomic E-state index is 13.4. The third-order valence-corrected chi connectivity index (χ3v) is 5.38. The molecule has 29 heavy (non-hydrogen) atoms. The van der Waals surface area contributed by atoms with Crippen molar-refractivity contribution in [2.45, 2.75) is 13.1 Å². The van der Waals surface area contributed by atoms with E-state index in [0.29, 0.717) is 27.2 Å². The molecule has 6 nitrogen and oxygen atoms in total. The number of nitrogens with one attached hydrogen (secondary N) is 1. The normalized spacial score (nSPS) is 11.0. The van der Waals surface area contributed by atoms with E-state index in [0.717, 1.165) is 29.0 Å². The Kier molecular flexibility index (Phi) is 5.13. The van der Waals surface area contributed by atoms with E-state index >= 15 is 0 Å². The monoisotopic (exact) mass is 412 g/mol. The highest BCUT2D eigenvalue weighted by molar-refractivity contribution is 7.20. The van der Waals surface area contributed by atoms with Crippen LogP contribution in [0.2, 0.25) is 0 Å². The van der Waals surface area contributed by atoms with E-state index in [2.05, 4.69) is 15.3 Å². The standard InChI is InChI=1S/C20H14F2N4O2S/c21-14-2-1-13(7-15(14)22)10-26-11-25-16-8-17(29-18(16)20(26)28)19(27)24-9-12-3-5-23-6-4-12/h1-8,11H,9-10H2,(H,24,27). The Labute approximate surface area is 167 Å². The lowest BCUT2D eigenvalue weighted by Gasteiger charge is -2.05. The fraction of sp³-hybridized carbons (Fsp3) is 0.100. The highest BCUT2D eigenvalue weighted by atomic mass is 32.1. The number of amides is 1. The topological polar surface area (TPSA) is 76.9 Å². The zero-order valence-corrected chi connectivity index (χ0v) is 15.7. The molecule has 0 bridgehead atoms. The van der Waals surface area contributed by atoms with E-state index in [1.54, 1.807) is 30.6 Å². The van der Waals surface area contributed by atoms with Crippen molar-refractivity contribution in [1.29, 1.82) is 0 Å². The molecule has 9 heteroatoms. The molecule has 0 aliphatic rings. The van der Waals surface area contributed by atoms with Crippen LogP contribution in [-0.2, 0) is 13.1 Å². The molecule has 0 fully saturated rings. The van der Waals surface area contributed by atoms with Gasteiger partial charge in [0.2, 0.25) is 0 Å². The molecule has 0 aliphatic heterocycles. The molecule has 0 unspecified atom stereocenters. The SMILES string of the molecule is O=C(NCc1ccncc1)c1cc2ncn(Cc3ccc(F)c(F)c3)c(=O)c2s1. The van der Waals surface area contributed by atoms with Crippen LogP contribution in [0.5, 0.6) is 0 Å². The number of fused-ring (bicyclic) bond motifs is 1. The van der Waals surface area contributed by atoms with Crippen LogP contribution in [0.15, 0.2) is 59.9 Å². The van der Waals surface area contributed by atoms with Gasteiger partial charge in [-0.25, -0.2) is 13.8 Å². The van der Waals surface area contributed by atoms with E-state index in [9.17, 15) is 18.4 Å². The van der Waals surface area contributed by atoms with Crippen LogP contribution in [0.4, 0.5) is 8.78 Å². The Hall–Kier alpha value is -3.46. The van der Waals surface area contributed by atoms with Gasteiger partial charge < -0.3 is 5.32 Å². The van der Waals surface area contributed by atoms with Crippen LogP contribution in [0, 0.1) is 11.6 Å². The van der Waals surface area contributed by atoms with Gasteiger partial charge in [0.1, 0.15) is 4.70 Å². The summed E-state index contributed by atoms with van der Waals surface area (Å²) in [5, 5.41) is 2.79. The van der Waals surface area contributed by atoms with Crippen molar-refractivity contribution in [1.82, 2.24) is 19.9 Å². The molecule has 1 aromatic carbocycles. The summed E-state index contributed by atoms with van der Waals surface area (Å²) in [6.45, 7) is 0.379. The first-order valence-electron chi connectivity index (χ1n) is 8.61. The lowest BCUT2D eigenvalue weighted by atomic mass is 10.2. The second-order valence-electron chi connectivity index (χ2n) is 6.29. The van der Waals surface area contributed by atoms with E-state index in [1.807, 2.05) is 0 Å². The highest BCUT2D eigenvalue weighted by Crippen LogP contribution is 2.21. The summed E-state index contributed by atoms with van der Waals surface area (Å²) in [6.07, 6.45) is 4.61. The number of hydrogen-bond donors (Lipinski definition) is 1. The number of benzene rings is 1. The lowest BCUT2D eigenvalue weighted by Crippen LogP contribution is -2.21. The molecule has 0 saturated carbocycles. The fourth-order valence-corrected chi connectivity index (χ4v) is 3.75. The number of carbonyl (C=O) groups excluding carboxylic acids is 1. The lowest BCUT2D eigenvalue weighted by molar-refractivity contribution is 0.0955. The molecule has 1 amide bonds. The van der Waals surface area contributed by atoms with Crippen molar-refractivity contribution in [2.24, 2.45) is 0 Å². The molecule has 146 valence electrons. The molecule has 3 heterocycles. The number of aromatic nitrogens is 3. The molecule has 0 atom stereocenters. The third kappa shape index (κ3) is 4.04. The van der Waals surface area contributed by atoms with Gasteiger partial charge in [0.05, 0.1) is 23.3 Å². The van der Waals surface area contributed by atoms with Gasteiger partial charge in [-0.1, -0.05) is 6.07 Å². The van der Waals surface area contributed by atoms with Crippen LogP contribution >= 0.6 is 11.3 Å². The number of carbonyl (C=O) groups is 1. The average molecular weight is 412 g/mol. The Balaban J connectivity index is 1.56. The summed E-state index contributed by atoms with van der Waals surface area (Å²) < 4.78 is 28.1. The quantitative estimate of drug-likeness (QED) is 0.547. The highest BCUT2D eigenvalue weighted by Gasteiger charge is 2.15. The first-order chi connectivity index (χ1) is 14.0. The van der Waals surface area contributed by atoms with Crippen molar-refractivity contribution >= 4 is 27.5 Å². The van der Waals surface area contributed by atoms with Gasteiger partial charge in [0.15, 0.2) is 11.6 Å². The molecule has 0 aliphatic carbocycles. The van der Waals surface area contributed by atoms with Gasteiger partial charge >= 0.3 is 0 Å². The zero-order chi connectivity index (χ0) is 20.4. The van der Waals surface area contributed by atoms with E-state index in [1.165, 1.54) is 17.0 Å². The fourth-order valence-electron chi connectivity index (χ4n) is 2.77. The minimum atomic E-state index is -0.978. The van der Waals surface area contributed by atoms with Gasteiger partial charge in [-0.3, -0.25) is 19.1 Å². The molecule has 3 aromatic heterocycles. The third-order valence-electron chi connectivity index (χ3n) is 4.27. The summed E-state index contributed by atoms with van der Waals surface area (Å²) in [6, 6.07) is 8.61. The molecule has 0 spiro atoms. The number of rotatable bonds is 5. The number of halogens is 2. The molecule has 0 saturated heterocycles. The maximum Gasteiger partial charge on any atom is 0.271 e. The molecule has 4 rings (SSSR count). The molecular weight excluding hydrogens is 398 g/mol. The number of nitrogens with zero attached hydrogens (tertiary/aromatic N) is 3. The van der Waals surface area contributed by atoms with E-state index < -0.39 is 11.6 Å². The Bertz CT molecular complexity index is 1250. The molecule has 1 N–H and O–H groups in total. The summed E-state index contributed by atoms with van der Waals surface area (Å²) in [7, 11) is 0. The van der Waals surface area contributed by atoms with Crippen LogP contribution in [0.3, 0.4) is 0 Å². The predicted molar refractivity (Wildman–Crippen MR) is 105 cm³/mol. The van der Waals surface area contributed by atoms with Gasteiger partial charge in [-0.2, -0.15) is 0 Å². The van der Waals surface area contributed by atoms with Crippen molar-refractivity contribution in [3.8, 4) is 0 Å². The van der Waals surface area contributed by atoms with Crippen molar-refractivity contribution in [3.05, 3.63) is 93.1 Å². The smallest absolute Gasteiger partial charge is 0.271 e. The van der Waals surface area contributed by atoms with Crippen molar-refractivity contribution in [3.63, 3.8) is 0 Å². The molecule has 0 radical (unpaired) electrons. The second-order valence-corrected chi connectivity index (χ2v) is 7.34. The van der Waals surface area contributed by atoms with E-state index in [-0.39, 0.29) is 18.0 Å². The van der Waals surface area contributed by atoms with Crippen molar-refractivity contribution in [2.75, 3.05) is 0 Å². The van der Waals surface area contributed by atoms with Crippen molar-refractivity contribution < 1.29 is 13.6 Å². The Morgan fingerprint density at radius 1 is 1.07 bits per heavy atom. The average Bonchev–Trinajstić information content (AvgIpc) is 3.17. The van der Waals surface area contributed by atoms with Gasteiger partial charge in [0.25, 0.3) is 11.5 Å².